The van der Waals surface area contributed by atoms with E-state index in [1.807, 2.05) is 6.20 Å². The molecule has 3 heteroatoms. The third-order valence-electron chi connectivity index (χ3n) is 6.74. The van der Waals surface area contributed by atoms with E-state index in [1.165, 1.54) is 27.7 Å². The molecule has 0 aliphatic rings. The van der Waals surface area contributed by atoms with Crippen LogP contribution in [-0.4, -0.2) is 11.1 Å². The van der Waals surface area contributed by atoms with Gasteiger partial charge >= 0.3 is 0 Å². The van der Waals surface area contributed by atoms with Gasteiger partial charge < -0.3 is 0 Å². The van der Waals surface area contributed by atoms with Crippen LogP contribution in [0.15, 0.2) is 134 Å². The minimum atomic E-state index is -1.22. The van der Waals surface area contributed by atoms with Gasteiger partial charge in [-0.15, -0.1) is 0 Å². The molecule has 1 heterocycles. The molecule has 0 amide bonds. The maximum Gasteiger partial charge on any atom is 0.251 e. The molecule has 0 atom stereocenters. The number of rotatable bonds is 6. The molecule has 0 bridgehead atoms. The summed E-state index contributed by atoms with van der Waals surface area (Å²) in [5.74, 6) is 1.95. The van der Waals surface area contributed by atoms with Gasteiger partial charge in [0.1, 0.15) is 18.5 Å². The molecule has 0 radical (unpaired) electrons. The molecule has 0 fully saturated rings. The fraction of sp³-hybridized carbons (Fsp3) is 0.156. The van der Waals surface area contributed by atoms with E-state index in [4.69, 9.17) is 0 Å². The van der Waals surface area contributed by atoms with E-state index in [2.05, 4.69) is 158 Å². The lowest BCUT2D eigenvalue weighted by Crippen LogP contribution is -2.74. The Morgan fingerprint density at radius 3 is 1.20 bits per heavy atom. The molecule has 4 aromatic carbocycles. The van der Waals surface area contributed by atoms with Gasteiger partial charge in [-0.3, -0.25) is 0 Å². The average Bonchev–Trinajstić information content (AvgIpc) is 3.31. The van der Waals surface area contributed by atoms with Gasteiger partial charge in [0.25, 0.3) is 5.82 Å². The molecule has 0 spiro atoms. The zero-order valence-corrected chi connectivity index (χ0v) is 21.0. The second-order valence-corrected chi connectivity index (χ2v) is 9.60. The number of nitrogens with zero attached hydrogens (tertiary/aromatic N) is 1. The molecule has 1 aromatic heterocycles. The molecular weight excluding hydrogens is 423 g/mol. The lowest BCUT2D eigenvalue weighted by atomic mass is 9.13. The Hall–Kier alpha value is -3.85. The molecule has 176 valence electrons. The summed E-state index contributed by atoms with van der Waals surface area (Å²) >= 11 is 0. The first-order valence-electron chi connectivity index (χ1n) is 12.5. The van der Waals surface area contributed by atoms with Gasteiger partial charge in [-0.1, -0.05) is 135 Å². The van der Waals surface area contributed by atoms with Crippen molar-refractivity contribution in [3.63, 3.8) is 0 Å². The van der Waals surface area contributed by atoms with Crippen LogP contribution in [-0.2, 0) is 6.54 Å². The Bertz CT molecular complexity index is 1120. The van der Waals surface area contributed by atoms with Crippen molar-refractivity contribution in [1.29, 1.82) is 0 Å². The summed E-state index contributed by atoms with van der Waals surface area (Å²) in [6, 6.07) is 43.5. The summed E-state index contributed by atoms with van der Waals surface area (Å²) in [4.78, 5) is 3.14. The van der Waals surface area contributed by atoms with E-state index in [0.29, 0.717) is 0 Å². The van der Waals surface area contributed by atoms with Crippen molar-refractivity contribution in [2.75, 3.05) is 0 Å². The molecule has 5 aromatic rings. The normalized spacial score (nSPS) is 11.1. The first-order valence-corrected chi connectivity index (χ1v) is 12.5. The molecule has 0 aliphatic heterocycles. The first kappa shape index (κ1) is 24.3. The van der Waals surface area contributed by atoms with E-state index in [1.54, 1.807) is 0 Å². The largest absolute Gasteiger partial charge is 0.251 e. The maximum atomic E-state index is 3.14. The van der Waals surface area contributed by atoms with Crippen molar-refractivity contribution in [2.45, 2.75) is 27.3 Å². The zero-order chi connectivity index (χ0) is 24.5. The Morgan fingerprint density at radius 2 is 0.943 bits per heavy atom. The molecular formula is C32H35BN2. The Morgan fingerprint density at radius 1 is 0.600 bits per heavy atom. The number of nitrogens with one attached hydrogen (secondary N) is 1. The third-order valence-corrected chi connectivity index (χ3v) is 6.74. The number of hydrogen-bond acceptors (Lipinski definition) is 0. The van der Waals surface area contributed by atoms with Gasteiger partial charge in [0, 0.05) is 6.92 Å². The zero-order valence-electron chi connectivity index (χ0n) is 21.0. The van der Waals surface area contributed by atoms with Crippen molar-refractivity contribution >= 4 is 28.0 Å². The van der Waals surface area contributed by atoms with Crippen LogP contribution in [0.4, 0.5) is 0 Å². The quantitative estimate of drug-likeness (QED) is 0.289. The Balaban J connectivity index is 0.000000243. The third kappa shape index (κ3) is 5.46. The number of benzene rings is 4. The number of aromatic amines is 1. The first-order chi connectivity index (χ1) is 17.1. The number of H-pyrrole nitrogens is 1. The van der Waals surface area contributed by atoms with Crippen LogP contribution in [0.2, 0.25) is 0 Å². The minimum Gasteiger partial charge on any atom is -0.248 e. The molecule has 0 saturated heterocycles. The van der Waals surface area contributed by atoms with Gasteiger partial charge in [-0.25, -0.2) is 9.55 Å². The summed E-state index contributed by atoms with van der Waals surface area (Å²) in [6.07, 6.45) is 2.83. The molecule has 1 N–H and O–H groups in total. The van der Waals surface area contributed by atoms with Crippen LogP contribution in [0.3, 0.4) is 0 Å². The summed E-state index contributed by atoms with van der Waals surface area (Å²) in [5.41, 5.74) is 5.36. The lowest BCUT2D eigenvalue weighted by Gasteiger charge is -2.44. The number of hydrogen-bond donors (Lipinski definition) is 1. The highest BCUT2D eigenvalue weighted by Crippen LogP contribution is 2.09. The van der Waals surface area contributed by atoms with Crippen LogP contribution in [0.25, 0.3) is 0 Å². The van der Waals surface area contributed by atoms with E-state index in [9.17, 15) is 0 Å². The maximum absolute atomic E-state index is 3.14. The minimum absolute atomic E-state index is 0.722. The summed E-state index contributed by atoms with van der Waals surface area (Å²) in [5, 5.41) is 0. The highest BCUT2D eigenvalue weighted by molar-refractivity contribution is 7.19. The molecule has 5 rings (SSSR count). The van der Waals surface area contributed by atoms with E-state index in [-0.39, 0.29) is 0 Å². The van der Waals surface area contributed by atoms with Crippen LogP contribution < -0.4 is 26.4 Å². The highest BCUT2D eigenvalue weighted by Gasteiger charge is 2.31. The van der Waals surface area contributed by atoms with E-state index < -0.39 is 6.15 Å². The van der Waals surface area contributed by atoms with Gasteiger partial charge in [-0.05, 0) is 5.92 Å². The predicted octanol–water partition coefficient (Wildman–Crippen LogP) is 4.33. The van der Waals surface area contributed by atoms with Crippen LogP contribution in [0.5, 0.6) is 0 Å². The second kappa shape index (κ2) is 11.5. The SMILES string of the molecule is Cc1[nH]cc[n+]1CC(C)C.c1ccc([B-](c2ccccc2)(c2ccccc2)c2ccccc2)cc1. The highest BCUT2D eigenvalue weighted by atomic mass is 15.0. The predicted molar refractivity (Wildman–Crippen MR) is 151 cm³/mol. The summed E-state index contributed by atoms with van der Waals surface area (Å²) in [6.45, 7) is 7.64. The second-order valence-electron chi connectivity index (χ2n) is 9.60. The standard InChI is InChI=1S/C24H20B.C8H14N2/c1-5-13-21(14-6-1)25(22-15-7-2-8-16-22,23-17-9-3-10-18-23)24-19-11-4-12-20-24;1-7(2)6-10-5-4-9-8(10)3/h1-20H;4-5,7H,6H2,1-3H3/q-1;/p+1. The van der Waals surface area contributed by atoms with Crippen molar-refractivity contribution in [3.8, 4) is 0 Å². The van der Waals surface area contributed by atoms with E-state index >= 15 is 0 Å². The smallest absolute Gasteiger partial charge is 0.248 e. The molecule has 0 unspecified atom stereocenters. The molecule has 2 nitrogen and oxygen atoms in total. The Labute approximate surface area is 210 Å². The summed E-state index contributed by atoms with van der Waals surface area (Å²) in [7, 11) is 0. The number of aromatic nitrogens is 2. The lowest BCUT2D eigenvalue weighted by molar-refractivity contribution is -0.706. The topological polar surface area (TPSA) is 19.7 Å². The number of aryl methyl sites for hydroxylation is 1. The van der Waals surface area contributed by atoms with Crippen molar-refractivity contribution < 1.29 is 4.57 Å². The molecule has 0 saturated carbocycles. The van der Waals surface area contributed by atoms with Gasteiger partial charge in [0.15, 0.2) is 0 Å². The molecule has 0 aliphatic carbocycles. The molecule has 35 heavy (non-hydrogen) atoms. The van der Waals surface area contributed by atoms with Crippen LogP contribution >= 0.6 is 0 Å². The van der Waals surface area contributed by atoms with Gasteiger partial charge in [0.2, 0.25) is 0 Å². The average molecular weight is 458 g/mol. The van der Waals surface area contributed by atoms with Gasteiger partial charge in [-0.2, -0.15) is 21.9 Å². The van der Waals surface area contributed by atoms with Crippen molar-refractivity contribution in [1.82, 2.24) is 4.98 Å². The monoisotopic (exact) mass is 458 g/mol. The van der Waals surface area contributed by atoms with Crippen LogP contribution in [0.1, 0.15) is 19.7 Å². The van der Waals surface area contributed by atoms with Crippen molar-refractivity contribution in [3.05, 3.63) is 140 Å². The fourth-order valence-electron chi connectivity index (χ4n) is 5.16. The van der Waals surface area contributed by atoms with Crippen molar-refractivity contribution in [2.24, 2.45) is 5.92 Å². The summed E-state index contributed by atoms with van der Waals surface area (Å²) < 4.78 is 2.23. The van der Waals surface area contributed by atoms with Gasteiger partial charge in [0.05, 0.1) is 6.54 Å². The fourth-order valence-corrected chi connectivity index (χ4v) is 5.16. The van der Waals surface area contributed by atoms with Crippen LogP contribution in [0, 0.1) is 12.8 Å². The Kier molecular flexibility index (Phi) is 8.00. The van der Waals surface area contributed by atoms with E-state index in [0.717, 1.165) is 12.5 Å². The number of imidazole rings is 1.